The summed E-state index contributed by atoms with van der Waals surface area (Å²) in [6.07, 6.45) is 7.94. The molecule has 6 saturated heterocycles. The maximum atomic E-state index is 12.1. The second-order valence-electron chi connectivity index (χ2n) is 10.7. The van der Waals surface area contributed by atoms with Crippen molar-refractivity contribution in [3.05, 3.63) is 0 Å². The van der Waals surface area contributed by atoms with E-state index in [0.717, 1.165) is 51.4 Å². The summed E-state index contributed by atoms with van der Waals surface area (Å²) in [6, 6.07) is 0. The Morgan fingerprint density at radius 2 is 0.861 bits per heavy atom. The first kappa shape index (κ1) is 27.7. The Bertz CT molecular complexity index is 642. The minimum Gasteiger partial charge on any atom is -0.457 e. The van der Waals surface area contributed by atoms with Crippen LogP contribution >= 0.6 is 0 Å². The molecule has 0 aromatic carbocycles. The zero-order chi connectivity index (χ0) is 25.5. The number of carbonyl (C=O) groups is 2. The molecule has 0 aromatic rings. The van der Waals surface area contributed by atoms with Gasteiger partial charge in [-0.3, -0.25) is 9.59 Å². The summed E-state index contributed by atoms with van der Waals surface area (Å²) in [7, 11) is 0. The molecule has 6 rings (SSSR count). The molecule has 0 aliphatic carbocycles. The highest BCUT2D eigenvalue weighted by molar-refractivity contribution is 5.69. The van der Waals surface area contributed by atoms with Crippen LogP contribution in [-0.2, 0) is 47.5 Å². The number of rotatable bonds is 15. The topological polar surface area (TPSA) is 108 Å². The van der Waals surface area contributed by atoms with Gasteiger partial charge in [0.05, 0.1) is 39.6 Å². The van der Waals surface area contributed by atoms with Crippen LogP contribution in [0.3, 0.4) is 0 Å². The van der Waals surface area contributed by atoms with E-state index in [2.05, 4.69) is 13.8 Å². The molecule has 0 N–H and O–H groups in total. The van der Waals surface area contributed by atoms with Crippen molar-refractivity contribution in [1.82, 2.24) is 0 Å². The molecular weight excluding hydrogens is 472 g/mol. The molecule has 6 aliphatic heterocycles. The van der Waals surface area contributed by atoms with Crippen molar-refractivity contribution in [3.63, 3.8) is 0 Å². The van der Waals surface area contributed by atoms with Gasteiger partial charge in [0, 0.05) is 23.7 Å². The third kappa shape index (κ3) is 6.76. The van der Waals surface area contributed by atoms with E-state index in [1.54, 1.807) is 0 Å². The van der Waals surface area contributed by atoms with Gasteiger partial charge in [0.2, 0.25) is 0 Å². The molecule has 206 valence electrons. The van der Waals surface area contributed by atoms with Crippen molar-refractivity contribution in [2.45, 2.75) is 90.0 Å². The molecule has 0 radical (unpaired) electrons. The van der Waals surface area contributed by atoms with Crippen LogP contribution in [0.15, 0.2) is 0 Å². The number of unbranched alkanes of at least 4 members (excludes halogenated alkanes) is 5. The van der Waals surface area contributed by atoms with Crippen molar-refractivity contribution in [2.24, 2.45) is 10.8 Å². The van der Waals surface area contributed by atoms with E-state index in [1.165, 1.54) is 0 Å². The third-order valence-electron chi connectivity index (χ3n) is 7.92. The molecule has 0 aromatic heterocycles. The van der Waals surface area contributed by atoms with E-state index in [9.17, 15) is 9.59 Å². The average molecular weight is 515 g/mol. The zero-order valence-corrected chi connectivity index (χ0v) is 21.8. The van der Waals surface area contributed by atoms with Gasteiger partial charge in [0.25, 0.3) is 0 Å². The lowest BCUT2D eigenvalue weighted by Gasteiger charge is -2.51. The molecule has 4 bridgehead atoms. The van der Waals surface area contributed by atoms with Gasteiger partial charge in [0.15, 0.2) is 13.2 Å². The monoisotopic (exact) mass is 514 g/mol. The van der Waals surface area contributed by atoms with Crippen LogP contribution < -0.4 is 0 Å². The maximum Gasteiger partial charge on any atom is 0.319 e. The first-order chi connectivity index (χ1) is 17.4. The molecule has 10 nitrogen and oxygen atoms in total. The molecule has 6 heterocycles. The molecule has 6 aliphatic rings. The molecular formula is C26H42O10. The highest BCUT2D eigenvalue weighted by Gasteiger charge is 2.53. The lowest BCUT2D eigenvalue weighted by molar-refractivity contribution is -0.474. The quantitative estimate of drug-likeness (QED) is 0.238. The van der Waals surface area contributed by atoms with Gasteiger partial charge in [-0.2, -0.15) is 0 Å². The summed E-state index contributed by atoms with van der Waals surface area (Å²) in [5.74, 6) is -3.00. The molecule has 6 fully saturated rings. The fourth-order valence-corrected chi connectivity index (χ4v) is 4.67. The highest BCUT2D eigenvalue weighted by Crippen LogP contribution is 2.41. The molecule has 0 saturated carbocycles. The highest BCUT2D eigenvalue weighted by atomic mass is 16.9. The van der Waals surface area contributed by atoms with Crippen LogP contribution in [0.4, 0.5) is 0 Å². The van der Waals surface area contributed by atoms with E-state index in [4.69, 9.17) is 37.9 Å². The van der Waals surface area contributed by atoms with E-state index in [-0.39, 0.29) is 36.0 Å². The molecule has 0 amide bonds. The van der Waals surface area contributed by atoms with Gasteiger partial charge in [-0.1, -0.05) is 39.5 Å². The molecule has 0 unspecified atom stereocenters. The van der Waals surface area contributed by atoms with Crippen LogP contribution in [0.2, 0.25) is 0 Å². The van der Waals surface area contributed by atoms with Gasteiger partial charge in [-0.05, 0) is 25.7 Å². The summed E-state index contributed by atoms with van der Waals surface area (Å²) in [4.78, 5) is 24.1. The van der Waals surface area contributed by atoms with E-state index in [1.807, 2.05) is 0 Å². The fourth-order valence-electron chi connectivity index (χ4n) is 4.67. The molecule has 0 spiro atoms. The van der Waals surface area contributed by atoms with Crippen molar-refractivity contribution in [2.75, 3.05) is 52.9 Å². The molecule has 36 heavy (non-hydrogen) atoms. The minimum atomic E-state index is -1.23. The Kier molecular flexibility index (Phi) is 9.28. The Labute approximate surface area is 213 Å². The van der Waals surface area contributed by atoms with Gasteiger partial charge in [0.1, 0.15) is 0 Å². The summed E-state index contributed by atoms with van der Waals surface area (Å²) >= 11 is 0. The fraction of sp³-hybridized carbons (Fsp3) is 0.923. The summed E-state index contributed by atoms with van der Waals surface area (Å²) in [5, 5.41) is 0. The van der Waals surface area contributed by atoms with E-state index < -0.39 is 11.9 Å². The van der Waals surface area contributed by atoms with Gasteiger partial charge < -0.3 is 37.9 Å². The summed E-state index contributed by atoms with van der Waals surface area (Å²) in [5.41, 5.74) is -0.144. The SMILES string of the molecule is CCC12COC(COC(=O)CCCCCCCCC(=O)OCC34OCC(CC)(CO3)CO4)(OC1)OC2. The zero-order valence-electron chi connectivity index (χ0n) is 21.8. The van der Waals surface area contributed by atoms with E-state index in [0.29, 0.717) is 52.5 Å². The summed E-state index contributed by atoms with van der Waals surface area (Å²) in [6.45, 7) is 7.50. The smallest absolute Gasteiger partial charge is 0.319 e. The Balaban J connectivity index is 0.967. The minimum absolute atomic E-state index is 0.0350. The predicted molar refractivity (Wildman–Crippen MR) is 125 cm³/mol. The number of esters is 2. The predicted octanol–water partition coefficient (Wildman–Crippen LogP) is 3.45. The van der Waals surface area contributed by atoms with Crippen LogP contribution in [-0.4, -0.2) is 76.7 Å². The van der Waals surface area contributed by atoms with Crippen LogP contribution in [0.25, 0.3) is 0 Å². The standard InChI is InChI=1S/C26H42O10/c1-3-23-13-31-25(32-14-23,33-15-23)19-29-21(27)11-9-7-5-6-8-10-12-22(28)30-20-26-34-16-24(4-2,17-35-26)18-36-26/h3-20H2,1-2H3. The second kappa shape index (κ2) is 12.0. The Morgan fingerprint density at radius 1 is 0.556 bits per heavy atom. The van der Waals surface area contributed by atoms with Gasteiger partial charge >= 0.3 is 23.9 Å². The lowest BCUT2D eigenvalue weighted by atomic mass is 9.86. The number of ether oxygens (including phenoxy) is 8. The Morgan fingerprint density at radius 3 is 1.17 bits per heavy atom. The first-order valence-corrected chi connectivity index (χ1v) is 13.5. The average Bonchev–Trinajstić information content (AvgIpc) is 2.94. The molecule has 10 heteroatoms. The summed E-state index contributed by atoms with van der Waals surface area (Å²) < 4.78 is 44.9. The van der Waals surface area contributed by atoms with Crippen molar-refractivity contribution in [3.8, 4) is 0 Å². The van der Waals surface area contributed by atoms with Crippen molar-refractivity contribution >= 4 is 11.9 Å². The number of fused-ring (bicyclic) bond motifs is 6. The van der Waals surface area contributed by atoms with Crippen LogP contribution in [0.1, 0.15) is 78.1 Å². The van der Waals surface area contributed by atoms with Crippen LogP contribution in [0, 0.1) is 10.8 Å². The number of carbonyl (C=O) groups excluding carboxylic acids is 2. The Hall–Kier alpha value is -1.30. The number of hydrogen-bond acceptors (Lipinski definition) is 10. The lowest BCUT2D eigenvalue weighted by Crippen LogP contribution is -2.61. The van der Waals surface area contributed by atoms with E-state index >= 15 is 0 Å². The van der Waals surface area contributed by atoms with Crippen molar-refractivity contribution < 1.29 is 47.5 Å². The largest absolute Gasteiger partial charge is 0.457 e. The maximum absolute atomic E-state index is 12.1. The van der Waals surface area contributed by atoms with Crippen molar-refractivity contribution in [1.29, 1.82) is 0 Å². The first-order valence-electron chi connectivity index (χ1n) is 13.5. The molecule has 0 atom stereocenters. The van der Waals surface area contributed by atoms with Gasteiger partial charge in [-0.25, -0.2) is 0 Å². The third-order valence-corrected chi connectivity index (χ3v) is 7.92. The number of hydrogen-bond donors (Lipinski definition) is 0. The normalized spacial score (nSPS) is 35.1. The second-order valence-corrected chi connectivity index (χ2v) is 10.7. The van der Waals surface area contributed by atoms with Crippen LogP contribution in [0.5, 0.6) is 0 Å². The van der Waals surface area contributed by atoms with Gasteiger partial charge in [-0.15, -0.1) is 0 Å².